The van der Waals surface area contributed by atoms with E-state index in [1.165, 1.54) is 0 Å². The lowest BCUT2D eigenvalue weighted by atomic mass is 10.2. The highest BCUT2D eigenvalue weighted by Crippen LogP contribution is 2.26. The Morgan fingerprint density at radius 3 is 2.63 bits per heavy atom. The summed E-state index contributed by atoms with van der Waals surface area (Å²) in [7, 11) is -3.55. The minimum Gasteiger partial charge on any atom is -0.491 e. The highest BCUT2D eigenvalue weighted by Gasteiger charge is 2.29. The van der Waals surface area contributed by atoms with Gasteiger partial charge in [-0.25, -0.2) is 8.42 Å². The Labute approximate surface area is 114 Å². The zero-order chi connectivity index (χ0) is 14.0. The van der Waals surface area contributed by atoms with Gasteiger partial charge in [0.25, 0.3) is 10.0 Å². The van der Waals surface area contributed by atoms with Crippen LogP contribution < -0.4 is 4.74 Å². The third-order valence-corrected chi connectivity index (χ3v) is 4.47. The van der Waals surface area contributed by atoms with E-state index in [4.69, 9.17) is 9.57 Å². The van der Waals surface area contributed by atoms with Crippen LogP contribution in [0.5, 0.6) is 5.75 Å². The van der Waals surface area contributed by atoms with Gasteiger partial charge in [-0.1, -0.05) is 4.47 Å². The number of ether oxygens (including phenoxy) is 1. The third-order valence-electron chi connectivity index (χ3n) is 2.80. The van der Waals surface area contributed by atoms with Crippen LogP contribution in [-0.2, 0) is 14.9 Å². The molecule has 0 amide bonds. The number of rotatable bonds is 4. The van der Waals surface area contributed by atoms with Gasteiger partial charge < -0.3 is 4.74 Å². The molecule has 0 radical (unpaired) electrons. The standard InChI is InChI=1S/C13H19NO4S/c1-10(2)18-13-6-5-12(9-11(13)3)19(15,16)14-7-4-8-17-14/h5-6,9-10H,4,7-8H2,1-3H3. The van der Waals surface area contributed by atoms with Crippen LogP contribution in [0.2, 0.25) is 0 Å². The van der Waals surface area contributed by atoms with Crippen LogP contribution in [0.4, 0.5) is 0 Å². The second-order valence-corrected chi connectivity index (χ2v) is 6.64. The van der Waals surface area contributed by atoms with Crippen molar-refractivity contribution in [3.63, 3.8) is 0 Å². The lowest BCUT2D eigenvalue weighted by Gasteiger charge is -2.16. The molecule has 106 valence electrons. The second kappa shape index (κ2) is 5.48. The van der Waals surface area contributed by atoms with Crippen LogP contribution in [0.15, 0.2) is 23.1 Å². The lowest BCUT2D eigenvalue weighted by molar-refractivity contribution is -0.0284. The highest BCUT2D eigenvalue weighted by atomic mass is 32.2. The monoisotopic (exact) mass is 285 g/mol. The minimum atomic E-state index is -3.55. The topological polar surface area (TPSA) is 55.8 Å². The van der Waals surface area contributed by atoms with Gasteiger partial charge in [0.05, 0.1) is 17.6 Å². The van der Waals surface area contributed by atoms with Crippen molar-refractivity contribution in [3.8, 4) is 5.75 Å². The Kier molecular flexibility index (Phi) is 4.13. The first-order valence-electron chi connectivity index (χ1n) is 6.34. The van der Waals surface area contributed by atoms with Crippen molar-refractivity contribution in [2.75, 3.05) is 13.2 Å². The van der Waals surface area contributed by atoms with Gasteiger partial charge >= 0.3 is 0 Å². The molecule has 0 bridgehead atoms. The predicted molar refractivity (Wildman–Crippen MR) is 71.4 cm³/mol. The SMILES string of the molecule is Cc1cc(S(=O)(=O)N2CCCO2)ccc1OC(C)C. The van der Waals surface area contributed by atoms with E-state index in [9.17, 15) is 8.42 Å². The maximum absolute atomic E-state index is 12.3. The van der Waals surface area contributed by atoms with Crippen LogP contribution in [-0.4, -0.2) is 32.1 Å². The number of hydroxylamine groups is 1. The van der Waals surface area contributed by atoms with Crippen LogP contribution in [0.1, 0.15) is 25.8 Å². The Morgan fingerprint density at radius 1 is 1.37 bits per heavy atom. The number of hydrogen-bond acceptors (Lipinski definition) is 4. The first-order valence-corrected chi connectivity index (χ1v) is 7.78. The van der Waals surface area contributed by atoms with Gasteiger partial charge in [0, 0.05) is 6.54 Å². The summed E-state index contributed by atoms with van der Waals surface area (Å²) in [5, 5.41) is 0. The maximum atomic E-state index is 12.3. The fraction of sp³-hybridized carbons (Fsp3) is 0.538. The molecular formula is C13H19NO4S. The number of benzene rings is 1. The van der Waals surface area contributed by atoms with Gasteiger partial charge in [0.1, 0.15) is 5.75 Å². The van der Waals surface area contributed by atoms with E-state index in [0.717, 1.165) is 16.5 Å². The van der Waals surface area contributed by atoms with Gasteiger partial charge in [-0.3, -0.25) is 4.84 Å². The van der Waals surface area contributed by atoms with E-state index in [-0.39, 0.29) is 11.0 Å². The summed E-state index contributed by atoms with van der Waals surface area (Å²) in [5.74, 6) is 0.705. The van der Waals surface area contributed by atoms with E-state index < -0.39 is 10.0 Å². The minimum absolute atomic E-state index is 0.0584. The van der Waals surface area contributed by atoms with Gasteiger partial charge in [-0.2, -0.15) is 0 Å². The second-order valence-electron chi connectivity index (χ2n) is 4.81. The van der Waals surface area contributed by atoms with E-state index in [1.54, 1.807) is 18.2 Å². The predicted octanol–water partition coefficient (Wildman–Crippen LogP) is 2.11. The Balaban J connectivity index is 2.28. The molecule has 1 aromatic rings. The average Bonchev–Trinajstić information content (AvgIpc) is 2.85. The molecule has 1 aromatic carbocycles. The summed E-state index contributed by atoms with van der Waals surface area (Å²) >= 11 is 0. The molecule has 0 N–H and O–H groups in total. The summed E-state index contributed by atoms with van der Waals surface area (Å²) in [6, 6.07) is 4.87. The Hall–Kier alpha value is -1.11. The highest BCUT2D eigenvalue weighted by molar-refractivity contribution is 7.89. The summed E-state index contributed by atoms with van der Waals surface area (Å²) in [6.07, 6.45) is 0.787. The molecule has 1 heterocycles. The molecule has 0 aliphatic carbocycles. The molecule has 0 unspecified atom stereocenters. The van der Waals surface area contributed by atoms with E-state index in [0.29, 0.717) is 18.9 Å². The van der Waals surface area contributed by atoms with Gasteiger partial charge in [-0.15, -0.1) is 0 Å². The van der Waals surface area contributed by atoms with Crippen molar-refractivity contribution in [2.24, 2.45) is 0 Å². The van der Waals surface area contributed by atoms with Crippen molar-refractivity contribution < 1.29 is 18.0 Å². The number of aryl methyl sites for hydroxylation is 1. The summed E-state index contributed by atoms with van der Waals surface area (Å²) in [4.78, 5) is 5.36. The van der Waals surface area contributed by atoms with Crippen molar-refractivity contribution in [1.29, 1.82) is 0 Å². The van der Waals surface area contributed by atoms with E-state index in [1.807, 2.05) is 20.8 Å². The summed E-state index contributed by atoms with van der Waals surface area (Å²) < 4.78 is 31.2. The normalized spacial score (nSPS) is 17.1. The molecule has 0 spiro atoms. The maximum Gasteiger partial charge on any atom is 0.265 e. The first kappa shape index (κ1) is 14.3. The molecule has 1 fully saturated rings. The smallest absolute Gasteiger partial charge is 0.265 e. The molecule has 0 saturated carbocycles. The quantitative estimate of drug-likeness (QED) is 0.850. The zero-order valence-corrected chi connectivity index (χ0v) is 12.2. The number of sulfonamides is 1. The summed E-state index contributed by atoms with van der Waals surface area (Å²) in [5.41, 5.74) is 0.800. The Morgan fingerprint density at radius 2 is 2.11 bits per heavy atom. The molecule has 1 saturated heterocycles. The molecule has 0 aromatic heterocycles. The van der Waals surface area contributed by atoms with Crippen molar-refractivity contribution >= 4 is 10.0 Å². The van der Waals surface area contributed by atoms with Crippen molar-refractivity contribution in [1.82, 2.24) is 4.47 Å². The molecule has 5 nitrogen and oxygen atoms in total. The van der Waals surface area contributed by atoms with Gasteiger partial charge in [0.15, 0.2) is 0 Å². The van der Waals surface area contributed by atoms with Crippen LogP contribution in [0, 0.1) is 6.92 Å². The average molecular weight is 285 g/mol. The van der Waals surface area contributed by atoms with Gasteiger partial charge in [0.2, 0.25) is 0 Å². The fourth-order valence-electron chi connectivity index (χ4n) is 1.90. The first-order chi connectivity index (χ1) is 8.91. The lowest BCUT2D eigenvalue weighted by Crippen LogP contribution is -2.26. The number of hydrogen-bond donors (Lipinski definition) is 0. The molecule has 1 aliphatic heterocycles. The number of nitrogens with zero attached hydrogens (tertiary/aromatic N) is 1. The largest absolute Gasteiger partial charge is 0.491 e. The molecule has 1 aliphatic rings. The van der Waals surface area contributed by atoms with Crippen LogP contribution in [0.25, 0.3) is 0 Å². The van der Waals surface area contributed by atoms with Crippen molar-refractivity contribution in [2.45, 2.75) is 38.2 Å². The fourth-order valence-corrected chi connectivity index (χ4v) is 3.28. The van der Waals surface area contributed by atoms with Crippen LogP contribution >= 0.6 is 0 Å². The van der Waals surface area contributed by atoms with E-state index >= 15 is 0 Å². The molecular weight excluding hydrogens is 266 g/mol. The third kappa shape index (κ3) is 3.08. The molecule has 6 heteroatoms. The molecule has 2 rings (SSSR count). The Bertz CT molecular complexity index is 548. The summed E-state index contributed by atoms with van der Waals surface area (Å²) in [6.45, 7) is 6.56. The van der Waals surface area contributed by atoms with Crippen molar-refractivity contribution in [3.05, 3.63) is 23.8 Å². The molecule has 19 heavy (non-hydrogen) atoms. The van der Waals surface area contributed by atoms with Crippen LogP contribution in [0.3, 0.4) is 0 Å². The molecule has 0 atom stereocenters. The zero-order valence-electron chi connectivity index (χ0n) is 11.4. The van der Waals surface area contributed by atoms with Gasteiger partial charge in [-0.05, 0) is 51.0 Å². The van der Waals surface area contributed by atoms with E-state index in [2.05, 4.69) is 0 Å².